The lowest BCUT2D eigenvalue weighted by molar-refractivity contribution is -0.122. The molecule has 1 fully saturated rings. The first-order valence-electron chi connectivity index (χ1n) is 11.2. The lowest BCUT2D eigenvalue weighted by Crippen LogP contribution is -2.37. The van der Waals surface area contributed by atoms with Crippen molar-refractivity contribution < 1.29 is 4.79 Å². The molecule has 1 aliphatic heterocycles. The smallest absolute Gasteiger partial charge is 0.221 e. The average Bonchev–Trinajstić information content (AvgIpc) is 3.23. The van der Waals surface area contributed by atoms with Crippen LogP contribution in [0, 0.1) is 0 Å². The molecule has 0 saturated carbocycles. The third-order valence-corrected chi connectivity index (χ3v) is 6.65. The molecule has 1 saturated heterocycles. The monoisotopic (exact) mass is 403 g/mol. The minimum atomic E-state index is 0.169. The summed E-state index contributed by atoms with van der Waals surface area (Å²) >= 11 is 0. The van der Waals surface area contributed by atoms with E-state index in [1.54, 1.807) is 0 Å². The number of hydrogen-bond donors (Lipinski definition) is 1. The van der Waals surface area contributed by atoms with Crippen molar-refractivity contribution in [2.75, 3.05) is 19.6 Å². The highest BCUT2D eigenvalue weighted by atomic mass is 16.1. The Bertz CT molecular complexity index is 1020. The molecule has 1 atom stereocenters. The van der Waals surface area contributed by atoms with Crippen molar-refractivity contribution in [3.63, 3.8) is 0 Å². The Hall–Kier alpha value is -2.73. The Balaban J connectivity index is 1.11. The Labute approximate surface area is 177 Å². The molecule has 6 nitrogen and oxygen atoms in total. The molecule has 0 bridgehead atoms. The molecule has 1 unspecified atom stereocenters. The van der Waals surface area contributed by atoms with E-state index in [0.717, 1.165) is 63.2 Å². The van der Waals surface area contributed by atoms with Gasteiger partial charge in [-0.15, -0.1) is 10.2 Å². The molecule has 2 aromatic heterocycles. The van der Waals surface area contributed by atoms with Gasteiger partial charge < -0.3 is 10.2 Å². The number of benzene rings is 1. The van der Waals surface area contributed by atoms with Crippen LogP contribution in [-0.2, 0) is 11.2 Å². The van der Waals surface area contributed by atoms with E-state index in [1.807, 2.05) is 24.4 Å². The van der Waals surface area contributed by atoms with Gasteiger partial charge in [0.05, 0.1) is 6.04 Å². The number of pyridine rings is 1. The third-order valence-electron chi connectivity index (χ3n) is 6.65. The third kappa shape index (κ3) is 3.97. The molecule has 0 radical (unpaired) electrons. The molecule has 3 aromatic rings. The summed E-state index contributed by atoms with van der Waals surface area (Å²) in [5, 5.41) is 12.0. The van der Waals surface area contributed by atoms with Gasteiger partial charge in [-0.2, -0.15) is 0 Å². The number of nitrogens with zero attached hydrogens (tertiary/aromatic N) is 4. The van der Waals surface area contributed by atoms with Crippen LogP contribution in [0.1, 0.15) is 61.0 Å². The molecule has 2 aliphatic rings. The largest absolute Gasteiger partial charge is 0.349 e. The number of rotatable bonds is 5. The summed E-state index contributed by atoms with van der Waals surface area (Å²) in [5.74, 6) is 1.67. The topological polar surface area (TPSA) is 62.5 Å². The van der Waals surface area contributed by atoms with Gasteiger partial charge in [0, 0.05) is 25.1 Å². The van der Waals surface area contributed by atoms with E-state index in [2.05, 4.69) is 49.1 Å². The van der Waals surface area contributed by atoms with Crippen molar-refractivity contribution in [3.05, 3.63) is 65.6 Å². The number of carbonyl (C=O) groups is 1. The van der Waals surface area contributed by atoms with Gasteiger partial charge in [0.1, 0.15) is 5.82 Å². The quantitative estimate of drug-likeness (QED) is 0.708. The molecular formula is C24H29N5O. The van der Waals surface area contributed by atoms with Crippen LogP contribution in [0.15, 0.2) is 48.7 Å². The standard InChI is InChI=1S/C24H29N5O/c30-23(25-21-9-5-7-18-6-1-2-8-20(18)21)13-17-28-15-11-19(12-16-28)24-27-26-22-10-3-4-14-29(22)24/h1-4,6,8,10,14,19,21H,5,7,9,11-13,15-17H2,(H,25,30). The molecule has 156 valence electrons. The number of nitrogens with one attached hydrogen (secondary N) is 1. The van der Waals surface area contributed by atoms with Gasteiger partial charge in [0.25, 0.3) is 0 Å². The maximum Gasteiger partial charge on any atom is 0.221 e. The van der Waals surface area contributed by atoms with E-state index in [9.17, 15) is 4.79 Å². The predicted octanol–water partition coefficient (Wildman–Crippen LogP) is 3.49. The van der Waals surface area contributed by atoms with Crippen molar-refractivity contribution in [3.8, 4) is 0 Å². The van der Waals surface area contributed by atoms with Gasteiger partial charge >= 0.3 is 0 Å². The Morgan fingerprint density at radius 3 is 2.77 bits per heavy atom. The van der Waals surface area contributed by atoms with Crippen molar-refractivity contribution in [2.45, 2.75) is 50.5 Å². The van der Waals surface area contributed by atoms with E-state index in [-0.39, 0.29) is 11.9 Å². The Kier molecular flexibility index (Phi) is 5.49. The maximum atomic E-state index is 12.6. The molecule has 3 heterocycles. The summed E-state index contributed by atoms with van der Waals surface area (Å²) in [7, 11) is 0. The van der Waals surface area contributed by atoms with Crippen LogP contribution in [0.25, 0.3) is 5.65 Å². The number of likely N-dealkylation sites (tertiary alicyclic amines) is 1. The molecular weight excluding hydrogens is 374 g/mol. The summed E-state index contributed by atoms with van der Waals surface area (Å²) < 4.78 is 2.11. The van der Waals surface area contributed by atoms with Crippen LogP contribution in [0.3, 0.4) is 0 Å². The van der Waals surface area contributed by atoms with Crippen molar-refractivity contribution in [2.24, 2.45) is 0 Å². The summed E-state index contributed by atoms with van der Waals surface area (Å²) in [6.45, 7) is 2.84. The van der Waals surface area contributed by atoms with Crippen molar-refractivity contribution in [1.82, 2.24) is 24.8 Å². The SMILES string of the molecule is O=C(CCN1CCC(c2nnc3ccccn23)CC1)NC1CCCc2ccccc21. The minimum Gasteiger partial charge on any atom is -0.349 e. The number of piperidine rings is 1. The molecule has 0 spiro atoms. The molecule has 5 rings (SSSR count). The first kappa shape index (κ1) is 19.2. The van der Waals surface area contributed by atoms with Gasteiger partial charge in [0.2, 0.25) is 5.91 Å². The van der Waals surface area contributed by atoms with Crippen molar-refractivity contribution in [1.29, 1.82) is 0 Å². The predicted molar refractivity (Wildman–Crippen MR) is 116 cm³/mol. The fraction of sp³-hybridized carbons (Fsp3) is 0.458. The zero-order valence-electron chi connectivity index (χ0n) is 17.3. The Morgan fingerprint density at radius 2 is 1.87 bits per heavy atom. The summed E-state index contributed by atoms with van der Waals surface area (Å²) in [5.41, 5.74) is 3.60. The molecule has 6 heteroatoms. The van der Waals surface area contributed by atoms with Gasteiger partial charge in [-0.25, -0.2) is 0 Å². The summed E-state index contributed by atoms with van der Waals surface area (Å²) in [4.78, 5) is 15.0. The maximum absolute atomic E-state index is 12.6. The van der Waals surface area contributed by atoms with Crippen molar-refractivity contribution >= 4 is 11.6 Å². The van der Waals surface area contributed by atoms with E-state index in [1.165, 1.54) is 11.1 Å². The average molecular weight is 404 g/mol. The van der Waals surface area contributed by atoms with E-state index >= 15 is 0 Å². The van der Waals surface area contributed by atoms with Crippen LogP contribution in [0.5, 0.6) is 0 Å². The molecule has 1 aromatic carbocycles. The summed E-state index contributed by atoms with van der Waals surface area (Å²) in [6, 6.07) is 14.7. The minimum absolute atomic E-state index is 0.169. The second-order valence-corrected chi connectivity index (χ2v) is 8.56. The highest BCUT2D eigenvalue weighted by molar-refractivity contribution is 5.76. The van der Waals surface area contributed by atoms with E-state index in [0.29, 0.717) is 12.3 Å². The van der Waals surface area contributed by atoms with Crippen LogP contribution in [-0.4, -0.2) is 45.0 Å². The van der Waals surface area contributed by atoms with Gasteiger partial charge in [0.15, 0.2) is 5.65 Å². The fourth-order valence-electron chi connectivity index (χ4n) is 4.98. The number of fused-ring (bicyclic) bond motifs is 2. The lowest BCUT2D eigenvalue weighted by atomic mass is 9.87. The van der Waals surface area contributed by atoms with Crippen LogP contribution in [0.4, 0.5) is 0 Å². The normalized spacial score (nSPS) is 20.2. The van der Waals surface area contributed by atoms with Crippen LogP contribution >= 0.6 is 0 Å². The van der Waals surface area contributed by atoms with Gasteiger partial charge in [-0.1, -0.05) is 30.3 Å². The highest BCUT2D eigenvalue weighted by Crippen LogP contribution is 2.30. The first-order valence-corrected chi connectivity index (χ1v) is 11.2. The van der Waals surface area contributed by atoms with Crippen LogP contribution < -0.4 is 5.32 Å². The first-order chi connectivity index (χ1) is 14.8. The highest BCUT2D eigenvalue weighted by Gasteiger charge is 2.25. The van der Waals surface area contributed by atoms with Gasteiger partial charge in [-0.3, -0.25) is 9.20 Å². The Morgan fingerprint density at radius 1 is 1.03 bits per heavy atom. The number of carbonyl (C=O) groups excluding carboxylic acids is 1. The van der Waals surface area contributed by atoms with Crippen LogP contribution in [0.2, 0.25) is 0 Å². The number of aromatic nitrogens is 3. The number of amides is 1. The lowest BCUT2D eigenvalue weighted by Gasteiger charge is -2.31. The zero-order valence-corrected chi connectivity index (χ0v) is 17.3. The van der Waals surface area contributed by atoms with E-state index in [4.69, 9.17) is 0 Å². The molecule has 1 N–H and O–H groups in total. The second-order valence-electron chi connectivity index (χ2n) is 8.56. The van der Waals surface area contributed by atoms with E-state index < -0.39 is 0 Å². The molecule has 1 aliphatic carbocycles. The second kappa shape index (κ2) is 8.56. The zero-order chi connectivity index (χ0) is 20.3. The fourth-order valence-corrected chi connectivity index (χ4v) is 4.98. The number of aryl methyl sites for hydroxylation is 1. The van der Waals surface area contributed by atoms with Gasteiger partial charge in [-0.05, 0) is 68.5 Å². The molecule has 30 heavy (non-hydrogen) atoms. The summed E-state index contributed by atoms with van der Waals surface area (Å²) in [6.07, 6.45) is 8.05. The number of hydrogen-bond acceptors (Lipinski definition) is 4. The molecule has 1 amide bonds.